The summed E-state index contributed by atoms with van der Waals surface area (Å²) in [6.45, 7) is 7.43. The SMILES string of the molecule is CC(C)(C)OC(=O)NCc1ncccc1CNC(=O)c1ccc(C2=CCCC2)nc1NCCc1cccc(F)c1.II.NCc1ncccc1CNC(=O)c1ccc(C2=CCCC2)nc1NCCc1cccc(F)c1. The molecule has 7 N–H and O–H groups in total. The molecule has 14 nitrogen and oxygen atoms in total. The van der Waals surface area contributed by atoms with Gasteiger partial charge in [-0.05, 0) is 166 Å². The molecule has 4 heterocycles. The number of amides is 3. The Morgan fingerprint density at radius 3 is 1.55 bits per heavy atom. The van der Waals surface area contributed by atoms with Crippen LogP contribution in [0.4, 0.5) is 25.2 Å². The van der Waals surface area contributed by atoms with Crippen LogP contribution in [0.15, 0.2) is 122 Å². The number of carbonyl (C=O) groups is 3. The first kappa shape index (κ1) is 57.9. The number of benzene rings is 2. The largest absolute Gasteiger partial charge is 0.444 e. The number of ether oxygens (including phenoxy) is 1. The van der Waals surface area contributed by atoms with Gasteiger partial charge in [0.15, 0.2) is 0 Å². The van der Waals surface area contributed by atoms with E-state index in [1.54, 1.807) is 57.4 Å². The van der Waals surface area contributed by atoms with Crippen molar-refractivity contribution in [3.63, 3.8) is 0 Å². The molecule has 18 heteroatoms. The van der Waals surface area contributed by atoms with Crippen LogP contribution >= 0.6 is 37.2 Å². The van der Waals surface area contributed by atoms with E-state index in [9.17, 15) is 23.2 Å². The van der Waals surface area contributed by atoms with E-state index in [1.165, 1.54) is 35.4 Å². The maximum absolute atomic E-state index is 13.6. The van der Waals surface area contributed by atoms with Gasteiger partial charge in [-0.1, -0.05) is 48.6 Å². The second-order valence-electron chi connectivity index (χ2n) is 18.7. The third-order valence-corrected chi connectivity index (χ3v) is 12.1. The molecule has 75 heavy (non-hydrogen) atoms. The van der Waals surface area contributed by atoms with Crippen molar-refractivity contribution in [3.8, 4) is 0 Å². The summed E-state index contributed by atoms with van der Waals surface area (Å²) in [5.41, 5.74) is 14.9. The van der Waals surface area contributed by atoms with Gasteiger partial charge in [0.05, 0.1) is 40.4 Å². The lowest BCUT2D eigenvalue weighted by Crippen LogP contribution is -2.33. The Morgan fingerprint density at radius 2 is 1.11 bits per heavy atom. The van der Waals surface area contributed by atoms with Gasteiger partial charge in [0, 0.05) is 82.3 Å². The van der Waals surface area contributed by atoms with Gasteiger partial charge in [-0.25, -0.2) is 23.5 Å². The van der Waals surface area contributed by atoms with Crippen molar-refractivity contribution in [1.82, 2.24) is 35.9 Å². The summed E-state index contributed by atoms with van der Waals surface area (Å²) in [4.78, 5) is 56.6. The van der Waals surface area contributed by atoms with Crippen molar-refractivity contribution in [2.75, 3.05) is 23.7 Å². The third kappa shape index (κ3) is 18.4. The van der Waals surface area contributed by atoms with E-state index >= 15 is 0 Å². The average molecular weight is 1250 g/mol. The Hall–Kier alpha value is -6.39. The lowest BCUT2D eigenvalue weighted by Gasteiger charge is -2.20. The molecule has 0 saturated carbocycles. The van der Waals surface area contributed by atoms with Gasteiger partial charge in [0.2, 0.25) is 0 Å². The highest BCUT2D eigenvalue weighted by Gasteiger charge is 2.20. The average Bonchev–Trinajstić information content (AvgIpc) is 4.17. The van der Waals surface area contributed by atoms with E-state index in [2.05, 4.69) is 85.9 Å². The second-order valence-corrected chi connectivity index (χ2v) is 18.7. The number of hydrogen-bond donors (Lipinski definition) is 6. The summed E-state index contributed by atoms with van der Waals surface area (Å²) in [6, 6.07) is 27.8. The van der Waals surface area contributed by atoms with Crippen LogP contribution in [-0.4, -0.2) is 56.5 Å². The number of halogens is 4. The molecular formula is C57H64F2I2N10O4. The molecule has 3 amide bonds. The molecule has 8 rings (SSSR count). The molecule has 0 radical (unpaired) electrons. The Morgan fingerprint density at radius 1 is 0.627 bits per heavy atom. The van der Waals surface area contributed by atoms with Crippen LogP contribution in [-0.2, 0) is 43.8 Å². The zero-order valence-electron chi connectivity index (χ0n) is 42.5. The van der Waals surface area contributed by atoms with Gasteiger partial charge in [-0.2, -0.15) is 0 Å². The molecule has 2 aliphatic rings. The molecule has 2 aromatic carbocycles. The van der Waals surface area contributed by atoms with E-state index < -0.39 is 11.7 Å². The number of allylic oxidation sites excluding steroid dienone is 4. The summed E-state index contributed by atoms with van der Waals surface area (Å²) >= 11 is 4.24. The number of nitrogens with zero attached hydrogens (tertiary/aromatic N) is 4. The Labute approximate surface area is 461 Å². The van der Waals surface area contributed by atoms with Crippen molar-refractivity contribution in [2.24, 2.45) is 5.73 Å². The monoisotopic (exact) mass is 1240 g/mol. The van der Waals surface area contributed by atoms with Gasteiger partial charge in [0.25, 0.3) is 11.8 Å². The summed E-state index contributed by atoms with van der Waals surface area (Å²) in [7, 11) is 0. The molecule has 0 saturated heterocycles. The summed E-state index contributed by atoms with van der Waals surface area (Å²) in [5.74, 6) is -0.0381. The van der Waals surface area contributed by atoms with E-state index in [0.29, 0.717) is 67.5 Å². The van der Waals surface area contributed by atoms with E-state index in [0.717, 1.165) is 77.9 Å². The van der Waals surface area contributed by atoms with Crippen molar-refractivity contribution in [2.45, 2.75) is 104 Å². The molecule has 0 fully saturated rings. The minimum atomic E-state index is -0.605. The number of aromatic nitrogens is 4. The standard InChI is InChI=1S/C31H36FN5O3.C26H28FN5O.I2/c1-31(2,3)40-30(39)36-20-27-23(11-7-16-33-27)19-35-29(38)25-13-14-26(22-9-4-5-10-22)37-28(25)34-17-15-21-8-6-12-24(32)18-21;27-21-9-3-5-18(15-21)12-14-30-25-22(10-11-23(32-25)19-6-1-2-7-19)26(33)31-17-20-8-4-13-29-24(20)16-28;1-2/h6-9,11-14,16,18H,4-5,10,15,17,19-20H2,1-3H3,(H,34,37)(H,35,38)(H,36,39);3-6,8-11,13,15H,1-2,7,12,14,16-17,28H2,(H,30,32)(H,31,33);. The lowest BCUT2D eigenvalue weighted by atomic mass is 10.1. The molecule has 394 valence electrons. The van der Waals surface area contributed by atoms with Crippen LogP contribution < -0.4 is 32.3 Å². The maximum Gasteiger partial charge on any atom is 0.407 e. The number of nitrogens with one attached hydrogen (secondary N) is 5. The van der Waals surface area contributed by atoms with Crippen LogP contribution in [0.3, 0.4) is 0 Å². The van der Waals surface area contributed by atoms with Crippen molar-refractivity contribution in [1.29, 1.82) is 0 Å². The first-order chi connectivity index (χ1) is 36.3. The smallest absolute Gasteiger partial charge is 0.407 e. The number of anilines is 2. The normalized spacial score (nSPS) is 12.7. The predicted octanol–water partition coefficient (Wildman–Crippen LogP) is 11.8. The maximum atomic E-state index is 13.6. The highest BCUT2D eigenvalue weighted by Crippen LogP contribution is 2.30. The fraction of sp³-hybridized carbons (Fsp3) is 0.316. The molecule has 0 unspecified atom stereocenters. The quantitative estimate of drug-likeness (QED) is 0.0422. The number of carbonyl (C=O) groups excluding carboxylic acids is 3. The lowest BCUT2D eigenvalue weighted by molar-refractivity contribution is 0.0522. The molecule has 2 aliphatic carbocycles. The zero-order valence-corrected chi connectivity index (χ0v) is 46.8. The van der Waals surface area contributed by atoms with Crippen LogP contribution in [0.2, 0.25) is 0 Å². The number of hydrogen-bond acceptors (Lipinski definition) is 11. The number of alkyl carbamates (subject to hydrolysis) is 1. The summed E-state index contributed by atoms with van der Waals surface area (Å²) in [5, 5.41) is 15.2. The minimum absolute atomic E-state index is 0.166. The summed E-state index contributed by atoms with van der Waals surface area (Å²) in [6.07, 6.45) is 14.6. The van der Waals surface area contributed by atoms with E-state index in [4.69, 9.17) is 20.4 Å². The molecule has 0 aliphatic heterocycles. The highest BCUT2D eigenvalue weighted by atomic mass is 128. The molecule has 0 bridgehead atoms. The third-order valence-electron chi connectivity index (χ3n) is 12.1. The Bertz CT molecular complexity index is 2950. The van der Waals surface area contributed by atoms with Gasteiger partial charge in [-0.3, -0.25) is 19.6 Å². The van der Waals surface area contributed by atoms with Crippen molar-refractivity contribution in [3.05, 3.63) is 189 Å². The Kier molecular flexibility index (Phi) is 22.9. The second kappa shape index (κ2) is 29.6. The van der Waals surface area contributed by atoms with Gasteiger partial charge in [0.1, 0.15) is 28.9 Å². The van der Waals surface area contributed by atoms with E-state index in [-0.39, 0.29) is 36.5 Å². The number of nitrogens with two attached hydrogens (primary N) is 1. The number of pyridine rings is 4. The fourth-order valence-corrected chi connectivity index (χ4v) is 8.37. The first-order valence-corrected chi connectivity index (χ1v) is 31.2. The van der Waals surface area contributed by atoms with Gasteiger partial charge < -0.3 is 37.1 Å². The van der Waals surface area contributed by atoms with Crippen molar-refractivity contribution >= 4 is 77.9 Å². The topological polar surface area (TPSA) is 198 Å². The van der Waals surface area contributed by atoms with Crippen LogP contribution in [0, 0.1) is 11.6 Å². The predicted molar refractivity (Wildman–Crippen MR) is 309 cm³/mol. The first-order valence-electron chi connectivity index (χ1n) is 24.9. The van der Waals surface area contributed by atoms with E-state index in [1.807, 2.05) is 48.5 Å². The highest BCUT2D eigenvalue weighted by molar-refractivity contribution is 15.0. The minimum Gasteiger partial charge on any atom is -0.444 e. The van der Waals surface area contributed by atoms with Gasteiger partial charge >= 0.3 is 6.09 Å². The van der Waals surface area contributed by atoms with Crippen molar-refractivity contribution < 1.29 is 27.9 Å². The fourth-order valence-electron chi connectivity index (χ4n) is 8.37. The molecule has 4 aromatic heterocycles. The zero-order chi connectivity index (χ0) is 53.6. The molecular weight excluding hydrogens is 1180 g/mol. The number of rotatable bonds is 19. The van der Waals surface area contributed by atoms with Gasteiger partial charge in [-0.15, -0.1) is 0 Å². The van der Waals surface area contributed by atoms with Crippen LogP contribution in [0.1, 0.15) is 125 Å². The summed E-state index contributed by atoms with van der Waals surface area (Å²) < 4.78 is 32.4. The molecule has 6 aromatic rings. The molecule has 0 spiro atoms. The molecule has 0 atom stereocenters. The Balaban J connectivity index is 0.000000240. The van der Waals surface area contributed by atoms with Crippen LogP contribution in [0.5, 0.6) is 0 Å². The van der Waals surface area contributed by atoms with Crippen LogP contribution in [0.25, 0.3) is 11.1 Å².